The van der Waals surface area contributed by atoms with Crippen molar-refractivity contribution in [2.24, 2.45) is 0 Å². The lowest BCUT2D eigenvalue weighted by Gasteiger charge is -2.22. The molecule has 26 heavy (non-hydrogen) atoms. The second kappa shape index (κ2) is 7.81. The summed E-state index contributed by atoms with van der Waals surface area (Å²) in [6.45, 7) is 3.93. The predicted molar refractivity (Wildman–Crippen MR) is 101 cm³/mol. The van der Waals surface area contributed by atoms with Gasteiger partial charge in [-0.25, -0.2) is 0 Å². The third kappa shape index (κ3) is 3.28. The highest BCUT2D eigenvalue weighted by molar-refractivity contribution is 6.07. The largest absolute Gasteiger partial charge is 0.493 e. The summed E-state index contributed by atoms with van der Waals surface area (Å²) >= 11 is 0. The minimum atomic E-state index is -0.129. The Labute approximate surface area is 153 Å². The molecule has 1 aromatic heterocycles. The van der Waals surface area contributed by atoms with Crippen LogP contribution in [0.25, 0.3) is 10.8 Å². The van der Waals surface area contributed by atoms with E-state index in [9.17, 15) is 9.59 Å². The van der Waals surface area contributed by atoms with E-state index in [1.54, 1.807) is 30.0 Å². The van der Waals surface area contributed by atoms with E-state index in [2.05, 4.69) is 0 Å². The Hall–Kier alpha value is -2.50. The maximum absolute atomic E-state index is 13.2. The van der Waals surface area contributed by atoms with Crippen LogP contribution in [0.3, 0.4) is 0 Å². The molecule has 1 aliphatic rings. The maximum atomic E-state index is 13.2. The summed E-state index contributed by atoms with van der Waals surface area (Å²) in [4.78, 5) is 27.9. The number of benzene rings is 1. The molecule has 0 atom stereocenters. The fourth-order valence-electron chi connectivity index (χ4n) is 3.57. The molecule has 0 aliphatic carbocycles. The van der Waals surface area contributed by atoms with E-state index < -0.39 is 0 Å². The fourth-order valence-corrected chi connectivity index (χ4v) is 3.57. The number of fused-ring (bicyclic) bond motifs is 1. The Kier molecular flexibility index (Phi) is 5.49. The molecule has 0 saturated carbocycles. The van der Waals surface area contributed by atoms with Crippen LogP contribution in [0.5, 0.6) is 11.5 Å². The van der Waals surface area contributed by atoms with Gasteiger partial charge in [-0.3, -0.25) is 9.59 Å². The number of aromatic nitrogens is 1. The molecule has 0 spiro atoms. The topological polar surface area (TPSA) is 60.8 Å². The quantitative estimate of drug-likeness (QED) is 0.843. The van der Waals surface area contributed by atoms with E-state index >= 15 is 0 Å². The van der Waals surface area contributed by atoms with Crippen molar-refractivity contribution in [2.45, 2.75) is 39.2 Å². The standard InChI is InChI=1S/C20H26N2O4/c1-4-21-13-16(20(24)22-9-7-5-6-8-10-22)14-11-17(25-2)18(26-3)12-15(14)19(21)23/h11-13H,4-10H2,1-3H3. The number of aryl methyl sites for hydroxylation is 1. The number of nitrogens with zero attached hydrogens (tertiary/aromatic N) is 2. The van der Waals surface area contributed by atoms with Crippen LogP contribution >= 0.6 is 0 Å². The summed E-state index contributed by atoms with van der Waals surface area (Å²) < 4.78 is 12.3. The SMILES string of the molecule is CCn1cc(C(=O)N2CCCCCC2)c2cc(OC)c(OC)cc2c1=O. The van der Waals surface area contributed by atoms with E-state index in [1.807, 2.05) is 11.8 Å². The fraction of sp³-hybridized carbons (Fsp3) is 0.500. The van der Waals surface area contributed by atoms with Gasteiger partial charge in [0.1, 0.15) is 0 Å². The Morgan fingerprint density at radius 1 is 1.00 bits per heavy atom. The van der Waals surface area contributed by atoms with Gasteiger partial charge in [0, 0.05) is 31.2 Å². The number of methoxy groups -OCH3 is 2. The normalized spacial score (nSPS) is 15.0. The second-order valence-electron chi connectivity index (χ2n) is 6.59. The van der Waals surface area contributed by atoms with Crippen molar-refractivity contribution in [3.05, 3.63) is 34.2 Å². The van der Waals surface area contributed by atoms with Crippen LogP contribution in [-0.2, 0) is 6.54 Å². The molecule has 1 saturated heterocycles. The number of ether oxygens (including phenoxy) is 2. The molecule has 140 valence electrons. The highest BCUT2D eigenvalue weighted by Crippen LogP contribution is 2.32. The van der Waals surface area contributed by atoms with Crippen LogP contribution in [0.4, 0.5) is 0 Å². The highest BCUT2D eigenvalue weighted by Gasteiger charge is 2.22. The zero-order valence-corrected chi connectivity index (χ0v) is 15.7. The third-order valence-electron chi connectivity index (χ3n) is 5.05. The lowest BCUT2D eigenvalue weighted by Crippen LogP contribution is -2.33. The number of hydrogen-bond donors (Lipinski definition) is 0. The molecule has 0 unspecified atom stereocenters. The van der Waals surface area contributed by atoms with E-state index in [0.717, 1.165) is 38.8 Å². The average molecular weight is 358 g/mol. The molecule has 2 aromatic rings. The van der Waals surface area contributed by atoms with E-state index in [0.29, 0.717) is 34.4 Å². The van der Waals surface area contributed by atoms with Crippen LogP contribution in [0.15, 0.2) is 23.1 Å². The molecule has 2 heterocycles. The predicted octanol–water partition coefficient (Wildman–Crippen LogP) is 3.05. The van der Waals surface area contributed by atoms with Gasteiger partial charge in [-0.15, -0.1) is 0 Å². The van der Waals surface area contributed by atoms with Crippen molar-refractivity contribution in [2.75, 3.05) is 27.3 Å². The van der Waals surface area contributed by atoms with Crippen LogP contribution < -0.4 is 15.0 Å². The molecule has 1 aromatic carbocycles. The summed E-state index contributed by atoms with van der Waals surface area (Å²) in [5.74, 6) is 0.976. The van der Waals surface area contributed by atoms with Crippen molar-refractivity contribution >= 4 is 16.7 Å². The van der Waals surface area contributed by atoms with Crippen molar-refractivity contribution in [1.29, 1.82) is 0 Å². The van der Waals surface area contributed by atoms with E-state index in [-0.39, 0.29) is 11.5 Å². The molecule has 1 amide bonds. The lowest BCUT2D eigenvalue weighted by atomic mass is 10.0. The number of rotatable bonds is 4. The van der Waals surface area contributed by atoms with E-state index in [4.69, 9.17) is 9.47 Å². The molecule has 1 fully saturated rings. The van der Waals surface area contributed by atoms with Crippen molar-refractivity contribution in [3.63, 3.8) is 0 Å². The number of likely N-dealkylation sites (tertiary alicyclic amines) is 1. The number of carbonyl (C=O) groups is 1. The Bertz CT molecular complexity index is 864. The summed E-state index contributed by atoms with van der Waals surface area (Å²) in [6.07, 6.45) is 6.04. The van der Waals surface area contributed by atoms with Gasteiger partial charge in [-0.1, -0.05) is 12.8 Å². The number of hydrogen-bond acceptors (Lipinski definition) is 4. The van der Waals surface area contributed by atoms with Gasteiger partial charge in [0.15, 0.2) is 11.5 Å². The molecule has 0 N–H and O–H groups in total. The van der Waals surface area contributed by atoms with Gasteiger partial charge in [0.25, 0.3) is 11.5 Å². The van der Waals surface area contributed by atoms with E-state index in [1.165, 1.54) is 7.11 Å². The van der Waals surface area contributed by atoms with Gasteiger partial charge in [-0.2, -0.15) is 0 Å². The minimum Gasteiger partial charge on any atom is -0.493 e. The zero-order valence-electron chi connectivity index (χ0n) is 15.7. The molecule has 6 heteroatoms. The molecular formula is C20H26N2O4. The van der Waals surface area contributed by atoms with Crippen LogP contribution in [-0.4, -0.2) is 42.7 Å². The Balaban J connectivity index is 2.21. The smallest absolute Gasteiger partial charge is 0.258 e. The molecule has 3 rings (SSSR count). The summed E-state index contributed by atoms with van der Waals surface area (Å²) in [7, 11) is 3.08. The van der Waals surface area contributed by atoms with Gasteiger partial charge in [0.05, 0.1) is 25.2 Å². The Morgan fingerprint density at radius 2 is 1.58 bits per heavy atom. The summed E-state index contributed by atoms with van der Waals surface area (Å²) in [5, 5.41) is 1.09. The number of pyridine rings is 1. The first kappa shape index (κ1) is 18.3. The summed E-state index contributed by atoms with van der Waals surface area (Å²) in [5.41, 5.74) is 0.417. The number of amides is 1. The van der Waals surface area contributed by atoms with Crippen molar-refractivity contribution in [1.82, 2.24) is 9.47 Å². The number of carbonyl (C=O) groups excluding carboxylic acids is 1. The second-order valence-corrected chi connectivity index (χ2v) is 6.59. The molecule has 1 aliphatic heterocycles. The van der Waals surface area contributed by atoms with Crippen molar-refractivity contribution < 1.29 is 14.3 Å². The zero-order chi connectivity index (χ0) is 18.7. The molecule has 0 radical (unpaired) electrons. The van der Waals surface area contributed by atoms with Gasteiger partial charge < -0.3 is 18.9 Å². The van der Waals surface area contributed by atoms with Gasteiger partial charge in [-0.05, 0) is 31.9 Å². The summed E-state index contributed by atoms with van der Waals surface area (Å²) in [6, 6.07) is 3.41. The Morgan fingerprint density at radius 3 is 2.12 bits per heavy atom. The lowest BCUT2D eigenvalue weighted by molar-refractivity contribution is 0.0762. The highest BCUT2D eigenvalue weighted by atomic mass is 16.5. The first-order chi connectivity index (χ1) is 12.6. The maximum Gasteiger partial charge on any atom is 0.258 e. The molecule has 6 nitrogen and oxygen atoms in total. The van der Waals surface area contributed by atoms with Crippen molar-refractivity contribution in [3.8, 4) is 11.5 Å². The van der Waals surface area contributed by atoms with Gasteiger partial charge >= 0.3 is 0 Å². The monoisotopic (exact) mass is 358 g/mol. The van der Waals surface area contributed by atoms with Gasteiger partial charge in [0.2, 0.25) is 0 Å². The van der Waals surface area contributed by atoms with Crippen LogP contribution in [0.2, 0.25) is 0 Å². The first-order valence-corrected chi connectivity index (χ1v) is 9.19. The van der Waals surface area contributed by atoms with Crippen LogP contribution in [0, 0.1) is 0 Å². The average Bonchev–Trinajstić information content (AvgIpc) is 2.96. The first-order valence-electron chi connectivity index (χ1n) is 9.19. The molecular weight excluding hydrogens is 332 g/mol. The molecule has 0 bridgehead atoms. The van der Waals surface area contributed by atoms with Crippen LogP contribution in [0.1, 0.15) is 43.0 Å². The minimum absolute atomic E-state index is 0.0219. The third-order valence-corrected chi connectivity index (χ3v) is 5.05.